The number of halogens is 1. The summed E-state index contributed by atoms with van der Waals surface area (Å²) in [5.74, 6) is -0.142. The van der Waals surface area contributed by atoms with E-state index in [9.17, 15) is 9.90 Å². The van der Waals surface area contributed by atoms with Crippen molar-refractivity contribution in [1.82, 2.24) is 0 Å². The number of phenols is 1. The Bertz CT molecular complexity index is 629. The molecule has 2 aromatic carbocycles. The lowest BCUT2D eigenvalue weighted by atomic mass is 10.1. The fourth-order valence-corrected chi connectivity index (χ4v) is 2.00. The van der Waals surface area contributed by atoms with Crippen LogP contribution < -0.4 is 11.1 Å². The molecule has 0 saturated heterocycles. The van der Waals surface area contributed by atoms with Crippen molar-refractivity contribution in [2.75, 3.05) is 11.1 Å². The van der Waals surface area contributed by atoms with Crippen LogP contribution >= 0.6 is 11.6 Å². The number of carbonyl (C=O) groups excluding carboxylic acids is 1. The van der Waals surface area contributed by atoms with Crippen molar-refractivity contribution in [2.45, 2.75) is 12.8 Å². The molecule has 0 fully saturated rings. The van der Waals surface area contributed by atoms with Crippen molar-refractivity contribution < 1.29 is 9.90 Å². The highest BCUT2D eigenvalue weighted by Gasteiger charge is 2.06. The summed E-state index contributed by atoms with van der Waals surface area (Å²) in [5.41, 5.74) is 8.01. The number of nitrogens with one attached hydrogen (secondary N) is 1. The maximum Gasteiger partial charge on any atom is 0.224 e. The third kappa shape index (κ3) is 3.65. The van der Waals surface area contributed by atoms with Crippen molar-refractivity contribution in [1.29, 1.82) is 0 Å². The van der Waals surface area contributed by atoms with Gasteiger partial charge in [-0.3, -0.25) is 4.79 Å². The number of amides is 1. The van der Waals surface area contributed by atoms with Gasteiger partial charge < -0.3 is 16.2 Å². The molecule has 5 heteroatoms. The van der Waals surface area contributed by atoms with E-state index in [4.69, 9.17) is 17.3 Å². The van der Waals surface area contributed by atoms with Gasteiger partial charge in [-0.05, 0) is 36.2 Å². The number of nitrogens with two attached hydrogens (primary N) is 1. The number of anilines is 2. The van der Waals surface area contributed by atoms with Crippen LogP contribution in [0.3, 0.4) is 0 Å². The van der Waals surface area contributed by atoms with Gasteiger partial charge in [0.15, 0.2) is 0 Å². The molecule has 0 aromatic heterocycles. The van der Waals surface area contributed by atoms with E-state index in [0.717, 1.165) is 5.56 Å². The lowest BCUT2D eigenvalue weighted by Crippen LogP contribution is -2.12. The second-order valence-corrected chi connectivity index (χ2v) is 4.82. The third-order valence-corrected chi connectivity index (χ3v) is 3.21. The molecule has 104 valence electrons. The lowest BCUT2D eigenvalue weighted by molar-refractivity contribution is -0.116. The molecular formula is C15H15ClN2O2. The smallest absolute Gasteiger partial charge is 0.224 e. The zero-order valence-corrected chi connectivity index (χ0v) is 11.5. The van der Waals surface area contributed by atoms with E-state index in [1.807, 2.05) is 24.3 Å². The Morgan fingerprint density at radius 2 is 2.00 bits per heavy atom. The van der Waals surface area contributed by atoms with Crippen LogP contribution in [0.5, 0.6) is 5.75 Å². The van der Waals surface area contributed by atoms with Gasteiger partial charge in [0.1, 0.15) is 5.75 Å². The summed E-state index contributed by atoms with van der Waals surface area (Å²) in [6.07, 6.45) is 0.900. The van der Waals surface area contributed by atoms with Gasteiger partial charge in [0.2, 0.25) is 5.91 Å². The third-order valence-electron chi connectivity index (χ3n) is 2.91. The normalized spacial score (nSPS) is 10.2. The first-order chi connectivity index (χ1) is 9.56. The van der Waals surface area contributed by atoms with Gasteiger partial charge in [0.05, 0.1) is 5.02 Å². The van der Waals surface area contributed by atoms with Crippen molar-refractivity contribution in [2.24, 2.45) is 0 Å². The summed E-state index contributed by atoms with van der Waals surface area (Å²) in [4.78, 5) is 11.8. The molecule has 2 aromatic rings. The second-order valence-electron chi connectivity index (χ2n) is 4.41. The van der Waals surface area contributed by atoms with Gasteiger partial charge in [0.25, 0.3) is 0 Å². The van der Waals surface area contributed by atoms with Gasteiger partial charge in [0, 0.05) is 17.8 Å². The fourth-order valence-electron chi connectivity index (χ4n) is 1.82. The zero-order chi connectivity index (χ0) is 14.5. The predicted molar refractivity (Wildman–Crippen MR) is 80.9 cm³/mol. The van der Waals surface area contributed by atoms with Gasteiger partial charge >= 0.3 is 0 Å². The molecule has 0 aliphatic carbocycles. The molecule has 20 heavy (non-hydrogen) atoms. The van der Waals surface area contributed by atoms with Crippen LogP contribution in [0.1, 0.15) is 12.0 Å². The van der Waals surface area contributed by atoms with E-state index in [-0.39, 0.29) is 16.7 Å². The topological polar surface area (TPSA) is 75.4 Å². The van der Waals surface area contributed by atoms with Crippen LogP contribution in [0.2, 0.25) is 5.02 Å². The Balaban J connectivity index is 1.93. The monoisotopic (exact) mass is 290 g/mol. The summed E-state index contributed by atoms with van der Waals surface area (Å²) < 4.78 is 0. The Labute approximate surface area is 122 Å². The molecule has 0 spiro atoms. The van der Waals surface area contributed by atoms with E-state index in [1.54, 1.807) is 6.07 Å². The van der Waals surface area contributed by atoms with Crippen molar-refractivity contribution in [3.63, 3.8) is 0 Å². The summed E-state index contributed by atoms with van der Waals surface area (Å²) in [6.45, 7) is 0. The molecule has 1 amide bonds. The Kier molecular flexibility index (Phi) is 4.48. The molecule has 0 aliphatic rings. The second kappa shape index (κ2) is 6.30. The minimum atomic E-state index is -0.130. The Morgan fingerprint density at radius 1 is 1.25 bits per heavy atom. The number of aryl methyl sites for hydroxylation is 1. The molecule has 0 radical (unpaired) electrons. The highest BCUT2D eigenvalue weighted by Crippen LogP contribution is 2.26. The molecule has 2 rings (SSSR count). The average molecular weight is 291 g/mol. The van der Waals surface area contributed by atoms with E-state index in [1.165, 1.54) is 12.1 Å². The van der Waals surface area contributed by atoms with Gasteiger partial charge in [-0.2, -0.15) is 0 Å². The number of hydrogen-bond donors (Lipinski definition) is 3. The van der Waals surface area contributed by atoms with E-state index in [2.05, 4.69) is 5.32 Å². The highest BCUT2D eigenvalue weighted by atomic mass is 35.5. The lowest BCUT2D eigenvalue weighted by Gasteiger charge is -2.07. The van der Waals surface area contributed by atoms with Crippen LogP contribution in [0.25, 0.3) is 0 Å². The van der Waals surface area contributed by atoms with E-state index < -0.39 is 0 Å². The maximum atomic E-state index is 11.8. The van der Waals surface area contributed by atoms with Crippen LogP contribution in [0.15, 0.2) is 42.5 Å². The van der Waals surface area contributed by atoms with Crippen LogP contribution in [0, 0.1) is 0 Å². The molecule has 0 bridgehead atoms. The fraction of sp³-hybridized carbons (Fsp3) is 0.133. The molecule has 0 heterocycles. The van der Waals surface area contributed by atoms with Crippen molar-refractivity contribution in [3.05, 3.63) is 53.1 Å². The largest absolute Gasteiger partial charge is 0.506 e. The first-order valence-corrected chi connectivity index (χ1v) is 6.56. The Morgan fingerprint density at radius 3 is 2.70 bits per heavy atom. The molecule has 4 N–H and O–H groups in total. The quantitative estimate of drug-likeness (QED) is 0.598. The molecule has 4 nitrogen and oxygen atoms in total. The Hall–Kier alpha value is -2.20. The number of benzene rings is 2. The number of hydrogen-bond acceptors (Lipinski definition) is 3. The molecular weight excluding hydrogens is 276 g/mol. The highest BCUT2D eigenvalue weighted by molar-refractivity contribution is 6.32. The molecule has 0 atom stereocenters. The molecule has 0 saturated carbocycles. The average Bonchev–Trinajstić information content (AvgIpc) is 2.42. The predicted octanol–water partition coefficient (Wildman–Crippen LogP) is 3.20. The van der Waals surface area contributed by atoms with Crippen LogP contribution in [-0.2, 0) is 11.2 Å². The summed E-state index contributed by atoms with van der Waals surface area (Å²) in [6, 6.07) is 12.0. The standard InChI is InChI=1S/C15H15ClN2O2/c16-12-9-11(6-7-14(12)19)18-15(20)8-5-10-3-1-2-4-13(10)17/h1-4,6-7,9,19H,5,8,17H2,(H,18,20). The number of phenolic OH excluding ortho intramolecular Hbond substituents is 1. The summed E-state index contributed by atoms with van der Waals surface area (Å²) in [5, 5.41) is 12.2. The zero-order valence-electron chi connectivity index (χ0n) is 10.8. The number of nitrogen functional groups attached to an aromatic ring is 1. The first kappa shape index (κ1) is 14.2. The van der Waals surface area contributed by atoms with Gasteiger partial charge in [-0.1, -0.05) is 29.8 Å². The maximum absolute atomic E-state index is 11.8. The van der Waals surface area contributed by atoms with Gasteiger partial charge in [-0.15, -0.1) is 0 Å². The first-order valence-electron chi connectivity index (χ1n) is 6.18. The SMILES string of the molecule is Nc1ccccc1CCC(=O)Nc1ccc(O)c(Cl)c1. The minimum absolute atomic E-state index is 0.0123. The van der Waals surface area contributed by atoms with Gasteiger partial charge in [-0.25, -0.2) is 0 Å². The van der Waals surface area contributed by atoms with E-state index >= 15 is 0 Å². The number of para-hydroxylation sites is 1. The van der Waals surface area contributed by atoms with Crippen molar-refractivity contribution >= 4 is 28.9 Å². The molecule has 0 unspecified atom stereocenters. The van der Waals surface area contributed by atoms with Crippen LogP contribution in [0.4, 0.5) is 11.4 Å². The van der Waals surface area contributed by atoms with Crippen LogP contribution in [-0.4, -0.2) is 11.0 Å². The summed E-state index contributed by atoms with van der Waals surface area (Å²) in [7, 11) is 0. The number of aromatic hydroxyl groups is 1. The molecule has 0 aliphatic heterocycles. The van der Waals surface area contributed by atoms with E-state index in [0.29, 0.717) is 24.2 Å². The summed E-state index contributed by atoms with van der Waals surface area (Å²) >= 11 is 5.77. The van der Waals surface area contributed by atoms with Crippen molar-refractivity contribution in [3.8, 4) is 5.75 Å². The number of carbonyl (C=O) groups is 1. The minimum Gasteiger partial charge on any atom is -0.506 e. The number of rotatable bonds is 4.